The van der Waals surface area contributed by atoms with E-state index in [0.29, 0.717) is 18.8 Å². The van der Waals surface area contributed by atoms with Crippen LogP contribution in [0.25, 0.3) is 0 Å². The van der Waals surface area contributed by atoms with Gasteiger partial charge in [-0.05, 0) is 6.04 Å². The first-order chi connectivity index (χ1) is 7.78. The van der Waals surface area contributed by atoms with Gasteiger partial charge in [0.2, 0.25) is 0 Å². The van der Waals surface area contributed by atoms with Gasteiger partial charge in [-0.15, -0.1) is 0 Å². The van der Waals surface area contributed by atoms with Gasteiger partial charge in [0, 0.05) is 27.0 Å². The highest BCUT2D eigenvalue weighted by molar-refractivity contribution is 6.76. The molecule has 0 aromatic rings. The fraction of sp³-hybridized carbons (Fsp3) is 0.667. The minimum Gasteiger partial charge on any atom is -0.498 e. The summed E-state index contributed by atoms with van der Waals surface area (Å²) in [7, 11) is -1.15. The van der Waals surface area contributed by atoms with Crippen LogP contribution in [0.15, 0.2) is 11.8 Å². The van der Waals surface area contributed by atoms with Gasteiger partial charge in [0.15, 0.2) is 5.78 Å². The van der Waals surface area contributed by atoms with Gasteiger partial charge in [-0.3, -0.25) is 9.59 Å². The number of hydrogen-bond acceptors (Lipinski definition) is 3. The lowest BCUT2D eigenvalue weighted by Crippen LogP contribution is -2.24. The highest BCUT2D eigenvalue weighted by Crippen LogP contribution is 2.23. The minimum absolute atomic E-state index is 0.0935. The van der Waals surface area contributed by atoms with Crippen LogP contribution in [0.1, 0.15) is 12.8 Å². The van der Waals surface area contributed by atoms with Gasteiger partial charge in [-0.1, -0.05) is 19.6 Å². The molecule has 4 nitrogen and oxygen atoms in total. The number of rotatable bonds is 5. The summed E-state index contributed by atoms with van der Waals surface area (Å²) in [5, 5.41) is 8.90. The maximum absolute atomic E-state index is 11.3. The lowest BCUT2D eigenvalue weighted by molar-refractivity contribution is -0.144. The molecule has 0 amide bonds. The van der Waals surface area contributed by atoms with Crippen LogP contribution in [0, 0.1) is 5.92 Å². The van der Waals surface area contributed by atoms with E-state index in [2.05, 4.69) is 19.6 Å². The smallest absolute Gasteiger partial charge is 0.307 e. The summed E-state index contributed by atoms with van der Waals surface area (Å²) in [6.45, 7) is 7.33. The third kappa shape index (κ3) is 5.17. The van der Waals surface area contributed by atoms with Crippen LogP contribution >= 0.6 is 0 Å². The molecule has 0 heterocycles. The molecular weight excluding hydrogens is 236 g/mol. The molecule has 0 saturated carbocycles. The van der Waals surface area contributed by atoms with Crippen molar-refractivity contribution in [3.05, 3.63) is 11.8 Å². The molecular formula is C12H20O4Si. The van der Waals surface area contributed by atoms with E-state index in [4.69, 9.17) is 9.84 Å². The quantitative estimate of drug-likeness (QED) is 0.767. The van der Waals surface area contributed by atoms with Gasteiger partial charge >= 0.3 is 5.97 Å². The molecule has 0 saturated heterocycles. The van der Waals surface area contributed by atoms with E-state index in [-0.39, 0.29) is 12.2 Å². The Morgan fingerprint density at radius 1 is 1.47 bits per heavy atom. The van der Waals surface area contributed by atoms with Crippen molar-refractivity contribution in [2.24, 2.45) is 5.92 Å². The zero-order chi connectivity index (χ0) is 13.1. The van der Waals surface area contributed by atoms with E-state index in [9.17, 15) is 9.59 Å². The van der Waals surface area contributed by atoms with Gasteiger partial charge < -0.3 is 9.84 Å². The van der Waals surface area contributed by atoms with Crippen molar-refractivity contribution >= 4 is 19.8 Å². The summed E-state index contributed by atoms with van der Waals surface area (Å²) in [4.78, 5) is 22.2. The molecule has 1 atom stereocenters. The fourth-order valence-electron chi connectivity index (χ4n) is 1.62. The molecule has 1 rings (SSSR count). The van der Waals surface area contributed by atoms with Gasteiger partial charge in [0.05, 0.1) is 12.5 Å². The number of carbonyl (C=O) groups is 2. The summed E-state index contributed by atoms with van der Waals surface area (Å²) in [5.41, 5.74) is 0. The van der Waals surface area contributed by atoms with Gasteiger partial charge in [0.25, 0.3) is 0 Å². The van der Waals surface area contributed by atoms with Crippen LogP contribution in [-0.4, -0.2) is 31.5 Å². The topological polar surface area (TPSA) is 63.6 Å². The van der Waals surface area contributed by atoms with E-state index in [0.717, 1.165) is 6.04 Å². The normalized spacial score (nSPS) is 21.0. The van der Waals surface area contributed by atoms with Gasteiger partial charge in [-0.25, -0.2) is 0 Å². The summed E-state index contributed by atoms with van der Waals surface area (Å²) in [6, 6.07) is 1.01. The molecule has 1 N–H and O–H groups in total. The summed E-state index contributed by atoms with van der Waals surface area (Å²) < 4.78 is 5.52. The average molecular weight is 256 g/mol. The second-order valence-corrected chi connectivity index (χ2v) is 11.3. The maximum Gasteiger partial charge on any atom is 0.307 e. The lowest BCUT2D eigenvalue weighted by Gasteiger charge is -2.21. The van der Waals surface area contributed by atoms with E-state index >= 15 is 0 Å². The molecule has 17 heavy (non-hydrogen) atoms. The van der Waals surface area contributed by atoms with E-state index in [1.807, 2.05) is 0 Å². The van der Waals surface area contributed by atoms with E-state index in [1.165, 1.54) is 6.08 Å². The van der Waals surface area contributed by atoms with Crippen molar-refractivity contribution in [3.63, 3.8) is 0 Å². The molecule has 0 radical (unpaired) electrons. The van der Waals surface area contributed by atoms with Crippen LogP contribution in [0.5, 0.6) is 0 Å². The second kappa shape index (κ2) is 5.49. The molecule has 5 heteroatoms. The van der Waals surface area contributed by atoms with Crippen molar-refractivity contribution in [2.45, 2.75) is 38.5 Å². The first kappa shape index (κ1) is 14.0. The Balaban J connectivity index is 2.48. The summed E-state index contributed by atoms with van der Waals surface area (Å²) in [6.07, 6.45) is 1.88. The number of allylic oxidation sites excluding steroid dienone is 2. The predicted octanol–water partition coefficient (Wildman–Crippen LogP) is 2.29. The van der Waals surface area contributed by atoms with Crippen LogP contribution in [0.2, 0.25) is 25.7 Å². The number of carboxylic acid groups (broad SMARTS) is 1. The van der Waals surface area contributed by atoms with Crippen LogP contribution in [-0.2, 0) is 14.3 Å². The highest BCUT2D eigenvalue weighted by atomic mass is 28.3. The lowest BCUT2D eigenvalue weighted by atomic mass is 9.92. The first-order valence-corrected chi connectivity index (χ1v) is 9.57. The number of hydrogen-bond donors (Lipinski definition) is 1. The Labute approximate surface area is 103 Å². The molecule has 1 unspecified atom stereocenters. The average Bonchev–Trinajstić information content (AvgIpc) is 2.14. The van der Waals surface area contributed by atoms with Crippen LogP contribution < -0.4 is 0 Å². The second-order valence-electron chi connectivity index (χ2n) is 5.68. The first-order valence-electron chi connectivity index (χ1n) is 5.87. The Hall–Kier alpha value is -1.10. The Bertz CT molecular complexity index is 341. The largest absolute Gasteiger partial charge is 0.498 e. The van der Waals surface area contributed by atoms with Crippen LogP contribution in [0.3, 0.4) is 0 Å². The van der Waals surface area contributed by atoms with Crippen molar-refractivity contribution in [1.29, 1.82) is 0 Å². The van der Waals surface area contributed by atoms with Crippen molar-refractivity contribution in [1.82, 2.24) is 0 Å². The number of ether oxygens (including phenoxy) is 1. The molecule has 0 fully saturated rings. The zero-order valence-corrected chi connectivity index (χ0v) is 11.7. The van der Waals surface area contributed by atoms with Crippen molar-refractivity contribution in [3.8, 4) is 0 Å². The molecule has 0 aromatic heterocycles. The zero-order valence-electron chi connectivity index (χ0n) is 10.7. The maximum atomic E-state index is 11.3. The van der Waals surface area contributed by atoms with Gasteiger partial charge in [0.1, 0.15) is 5.76 Å². The summed E-state index contributed by atoms with van der Waals surface area (Å²) >= 11 is 0. The number of carboxylic acids is 1. The summed E-state index contributed by atoms with van der Waals surface area (Å²) in [5.74, 6) is -1.15. The number of ketones is 1. The number of carbonyl (C=O) groups excluding carboxylic acids is 1. The predicted molar refractivity (Wildman–Crippen MR) is 67.6 cm³/mol. The molecule has 0 spiro atoms. The molecule has 1 aliphatic rings. The third-order valence-corrected chi connectivity index (χ3v) is 4.41. The molecule has 1 aliphatic carbocycles. The molecule has 0 aliphatic heterocycles. The van der Waals surface area contributed by atoms with E-state index < -0.39 is 20.0 Å². The molecule has 0 bridgehead atoms. The van der Waals surface area contributed by atoms with E-state index in [1.54, 1.807) is 0 Å². The van der Waals surface area contributed by atoms with Crippen molar-refractivity contribution in [2.75, 3.05) is 6.61 Å². The van der Waals surface area contributed by atoms with Crippen LogP contribution in [0.4, 0.5) is 0 Å². The molecule has 96 valence electrons. The standard InChI is InChI=1S/C12H20O4Si/c1-17(2,3)5-4-16-11-7-9(12(14)15)6-10(13)8-11/h8-9H,4-7H2,1-3H3,(H,14,15). The van der Waals surface area contributed by atoms with Crippen molar-refractivity contribution < 1.29 is 19.4 Å². The Morgan fingerprint density at radius 2 is 2.12 bits per heavy atom. The number of aliphatic carboxylic acids is 1. The highest BCUT2D eigenvalue weighted by Gasteiger charge is 2.27. The fourth-order valence-corrected chi connectivity index (χ4v) is 2.33. The minimum atomic E-state index is -1.15. The third-order valence-electron chi connectivity index (χ3n) is 2.71. The Kier molecular flexibility index (Phi) is 4.51. The molecule has 0 aromatic carbocycles. The van der Waals surface area contributed by atoms with Gasteiger partial charge in [-0.2, -0.15) is 0 Å². The Morgan fingerprint density at radius 3 is 2.65 bits per heavy atom. The monoisotopic (exact) mass is 256 g/mol. The SMILES string of the molecule is C[Si](C)(C)CCOC1=CC(=O)CC(C(=O)O)C1.